The second kappa shape index (κ2) is 25.6. The van der Waals surface area contributed by atoms with Crippen molar-refractivity contribution in [3.05, 3.63) is 130 Å². The number of rotatable bonds is 21. The average molecular weight is 1340 g/mol. The number of hydrogen-bond acceptors (Lipinski definition) is 17. The first-order valence-electron chi connectivity index (χ1n) is 30.4. The zero-order chi connectivity index (χ0) is 63.3. The summed E-state index contributed by atoms with van der Waals surface area (Å²) in [5, 5.41) is 39.6. The van der Waals surface area contributed by atoms with Crippen LogP contribution < -0.4 is 41.2 Å². The molecular weight excluding hydrogens is 1260 g/mol. The Balaban J connectivity index is 0.850. The molecule has 1 saturated carbocycles. The number of halogens is 2. The molecule has 472 valence electrons. The third kappa shape index (κ3) is 12.7. The molecule has 2 bridgehead atoms. The molecule has 3 aliphatic heterocycles. The number of hydrogen-bond donors (Lipinski definition) is 3. The van der Waals surface area contributed by atoms with Crippen LogP contribution in [0.15, 0.2) is 102 Å². The zero-order valence-corrected chi connectivity index (χ0v) is 53.7. The molecule has 3 amide bonds. The number of aliphatic hydroxyl groups excluding tert-OH is 2. The van der Waals surface area contributed by atoms with Crippen molar-refractivity contribution >= 4 is 45.5 Å². The molecule has 7 atom stereocenters. The van der Waals surface area contributed by atoms with Crippen LogP contribution in [0.3, 0.4) is 0 Å². The number of aromatic nitrogens is 9. The van der Waals surface area contributed by atoms with Crippen LogP contribution in [0.25, 0.3) is 55.6 Å². The van der Waals surface area contributed by atoms with Gasteiger partial charge in [-0.15, -0.1) is 5.10 Å². The fourth-order valence-corrected chi connectivity index (χ4v) is 13.7. The van der Waals surface area contributed by atoms with E-state index >= 15 is 4.39 Å². The van der Waals surface area contributed by atoms with E-state index in [4.69, 9.17) is 34.0 Å². The molecule has 12 rings (SSSR count). The van der Waals surface area contributed by atoms with Gasteiger partial charge in [-0.2, -0.15) is 0 Å². The van der Waals surface area contributed by atoms with E-state index in [-0.39, 0.29) is 68.3 Å². The van der Waals surface area contributed by atoms with E-state index in [2.05, 4.69) is 43.1 Å². The van der Waals surface area contributed by atoms with E-state index in [9.17, 15) is 24.6 Å². The van der Waals surface area contributed by atoms with Crippen molar-refractivity contribution in [3.63, 3.8) is 0 Å². The normalized spacial score (nSPS) is 19.3. The van der Waals surface area contributed by atoms with Crippen LogP contribution in [0.5, 0.6) is 11.8 Å². The number of methoxy groups -OCH3 is 1. The van der Waals surface area contributed by atoms with Crippen LogP contribution in [0, 0.1) is 18.7 Å². The summed E-state index contributed by atoms with van der Waals surface area (Å²) in [5.41, 5.74) is 6.54. The van der Waals surface area contributed by atoms with Crippen LogP contribution in [-0.2, 0) is 25.7 Å². The Kier molecular flexibility index (Phi) is 17.6. The molecule has 4 fully saturated rings. The monoisotopic (exact) mass is 1340 g/mol. The van der Waals surface area contributed by atoms with Gasteiger partial charge in [-0.3, -0.25) is 9.59 Å². The Morgan fingerprint density at radius 1 is 0.900 bits per heavy atom. The van der Waals surface area contributed by atoms with E-state index < -0.39 is 75.5 Å². The number of aliphatic hydroxyl groups is 2. The minimum atomic E-state index is -1.02. The van der Waals surface area contributed by atoms with E-state index in [1.165, 1.54) is 15.6 Å². The second-order valence-electron chi connectivity index (χ2n) is 25.0. The van der Waals surface area contributed by atoms with Gasteiger partial charge in [0.2, 0.25) is 11.8 Å². The number of nitrogens with zero attached hydrogens (tertiary/aromatic N) is 12. The molecule has 0 unspecified atom stereocenters. The number of likely N-dealkylation sites (tertiary alicyclic amines) is 2. The summed E-state index contributed by atoms with van der Waals surface area (Å²) in [6, 6.07) is 17.5. The van der Waals surface area contributed by atoms with Gasteiger partial charge >= 0.3 is 273 Å². The molecule has 4 aliphatic rings. The van der Waals surface area contributed by atoms with E-state index in [1.54, 1.807) is 50.8 Å². The van der Waals surface area contributed by atoms with Crippen molar-refractivity contribution in [1.82, 2.24) is 58.0 Å². The molecule has 3 N–H and O–H groups in total. The first-order chi connectivity index (χ1) is 43.3. The standard InChI is InChI=1S/C66H74FIN13O9/c1-10-68-81-31-49-51(75-81)27-50(67)38(5)55(49)56-47(40-16-17-40)26-48-57(72-64(89-34-37(4)87-9)73-61(48)77-28-45-24-44(77)29-78(45)65(86)90-66(6,7)8)59(56)88-35-39-12-14-41(15-13-39)52-32-80(76-74-52)58(36(2)3)63(85)79-30-46(83)25-54(79)62(84)71-53(33-82)42-18-20-43(21-19-42)60-69-22-11-23-70-60/h10-15,18-23,26-27,31-32,36-37,40,44-46,53-54,58,82-83H,1,16-17,24-25,28-30,33-35H2,2-9H3,(H,71,84)/q-1/t37-,44-,45-,46+,53-,54-,58-/m0/s1. The van der Waals surface area contributed by atoms with Gasteiger partial charge in [-0.1, -0.05) is 43.3 Å². The maximum atomic E-state index is 16.6. The minimum absolute atomic E-state index is 0.0135. The van der Waals surface area contributed by atoms with Crippen molar-refractivity contribution in [2.24, 2.45) is 5.92 Å². The number of carbonyl (C=O) groups excluding carboxylic acids is 3. The number of ether oxygens (including phenoxy) is 4. The van der Waals surface area contributed by atoms with Crippen molar-refractivity contribution in [2.75, 3.05) is 44.9 Å². The van der Waals surface area contributed by atoms with Crippen molar-refractivity contribution in [1.29, 1.82) is 0 Å². The quantitative estimate of drug-likeness (QED) is 0.0710. The van der Waals surface area contributed by atoms with Crippen LogP contribution in [-0.4, -0.2) is 157 Å². The van der Waals surface area contributed by atoms with Gasteiger partial charge in [0, 0.05) is 38.0 Å². The van der Waals surface area contributed by atoms with Crippen LogP contribution in [0.1, 0.15) is 107 Å². The van der Waals surface area contributed by atoms with Crippen LogP contribution >= 0.6 is 0 Å². The number of fused-ring (bicyclic) bond motifs is 4. The van der Waals surface area contributed by atoms with E-state index in [0.717, 1.165) is 52.3 Å². The molecule has 90 heavy (non-hydrogen) atoms. The third-order valence-corrected chi connectivity index (χ3v) is 18.6. The Morgan fingerprint density at radius 2 is 1.64 bits per heavy atom. The fraction of sp³-hybridized carbons (Fsp3) is 0.424. The van der Waals surface area contributed by atoms with Gasteiger partial charge in [0.15, 0.2) is 5.82 Å². The summed E-state index contributed by atoms with van der Waals surface area (Å²) in [5.74, 6) is 0.120. The molecule has 0 radical (unpaired) electrons. The maximum absolute atomic E-state index is 16.6. The summed E-state index contributed by atoms with van der Waals surface area (Å²) in [4.78, 5) is 66.7. The Bertz CT molecular complexity index is 3990. The molecule has 4 aromatic carbocycles. The number of anilines is 1. The van der Waals surface area contributed by atoms with E-state index in [1.807, 2.05) is 96.0 Å². The molecule has 4 aromatic heterocycles. The molecule has 3 saturated heterocycles. The number of piperazine rings is 1. The Hall–Kier alpha value is -8.20. The van der Waals surface area contributed by atoms with Gasteiger partial charge in [0.1, 0.15) is 23.4 Å². The first kappa shape index (κ1) is 62.0. The Labute approximate surface area is 531 Å². The van der Waals surface area contributed by atoms with Gasteiger partial charge in [-0.05, 0) is 45.2 Å². The first-order valence-corrected chi connectivity index (χ1v) is 32.6. The molecule has 8 aromatic rings. The molecule has 22 nitrogen and oxygen atoms in total. The predicted octanol–water partition coefficient (Wildman–Crippen LogP) is 5.88. The van der Waals surface area contributed by atoms with Gasteiger partial charge in [-0.25, -0.2) is 19.4 Å². The molecule has 24 heteroatoms. The van der Waals surface area contributed by atoms with Gasteiger partial charge in [0.25, 0.3) is 0 Å². The predicted molar refractivity (Wildman–Crippen MR) is 330 cm³/mol. The number of β-amino-alcohol motifs (C(OH)–C–C–N with tert-alkyl or cyclic N) is 1. The number of amides is 3. The molecule has 7 heterocycles. The van der Waals surface area contributed by atoms with Crippen LogP contribution in [0.2, 0.25) is 0 Å². The summed E-state index contributed by atoms with van der Waals surface area (Å²) in [6.07, 6.45) is 7.95. The topological polar surface area (TPSA) is 250 Å². The van der Waals surface area contributed by atoms with Gasteiger partial charge in [0.05, 0.1) is 24.9 Å². The summed E-state index contributed by atoms with van der Waals surface area (Å²) in [7, 11) is 1.61. The van der Waals surface area contributed by atoms with Crippen LogP contribution in [0.4, 0.5) is 15.0 Å². The molecule has 1 aliphatic carbocycles. The number of carbonyl (C=O) groups is 3. The second-order valence-corrected chi connectivity index (χ2v) is 27.4. The number of benzene rings is 4. The zero-order valence-electron chi connectivity index (χ0n) is 51.6. The van der Waals surface area contributed by atoms with Gasteiger partial charge < -0.3 is 34.8 Å². The average Bonchev–Trinajstić information content (AvgIpc) is 1.31. The van der Waals surface area contributed by atoms with Crippen molar-refractivity contribution in [2.45, 2.75) is 135 Å². The summed E-state index contributed by atoms with van der Waals surface area (Å²) in [6.45, 7) is 17.7. The SMILES string of the molecule is C=C[I-]n1cc2c(-c3c(C4CC4)cc4c(N5C[C@@H]6C[C@H]5CN6C(=O)OC(C)(C)C)nc(OC[C@H](C)OC)nc4c3OCc3ccc(-c4cn([C@H](C(=O)N5C[C@H](O)C[C@H]5C(=O)N[C@@H](CO)c5ccc(-c6ncccn6)cc5)C(C)C)nn4)cc3)c(C)c(F)cc2n1. The Morgan fingerprint density at radius 3 is 2.31 bits per heavy atom. The van der Waals surface area contributed by atoms with Crippen molar-refractivity contribution in [3.8, 4) is 45.5 Å². The molecular formula is C66H74FIN13O9-. The van der Waals surface area contributed by atoms with Crippen molar-refractivity contribution < 1.29 is 69.4 Å². The van der Waals surface area contributed by atoms with E-state index in [0.29, 0.717) is 69.5 Å². The summed E-state index contributed by atoms with van der Waals surface area (Å²) >= 11 is -0.726. The fourth-order valence-electron chi connectivity index (χ4n) is 12.5. The number of nitrogens with one attached hydrogen (secondary N) is 1. The summed E-state index contributed by atoms with van der Waals surface area (Å²) < 4.78 is 46.8. The molecule has 0 spiro atoms. The third-order valence-electron chi connectivity index (χ3n) is 17.2.